The molecule has 1 aliphatic heterocycles. The molecule has 1 atom stereocenters. The standard InChI is InChI=1S/C34H42NOP/c1-32(2,3)25-20-26(33(4,5)6)30(27(21-25)34(7,8)9)37-29(24-18-14-11-15-19-24)31-35-28(22-36-31)23-16-12-10-13-17-23/h10-21,28H,22H2,1-9H3/t28-/m1/s1. The van der Waals surface area contributed by atoms with E-state index in [1.54, 1.807) is 0 Å². The van der Waals surface area contributed by atoms with Crippen LogP contribution in [0.5, 0.6) is 0 Å². The van der Waals surface area contributed by atoms with Gasteiger partial charge in [-0.05, 0) is 44.1 Å². The first-order valence-corrected chi connectivity index (χ1v) is 14.2. The van der Waals surface area contributed by atoms with E-state index in [2.05, 4.69) is 129 Å². The lowest BCUT2D eigenvalue weighted by atomic mass is 9.75. The predicted octanol–water partition coefficient (Wildman–Crippen LogP) is 8.54. The van der Waals surface area contributed by atoms with Crippen molar-refractivity contribution in [2.45, 2.75) is 84.6 Å². The largest absolute Gasteiger partial charge is 0.475 e. The van der Waals surface area contributed by atoms with Crippen molar-refractivity contribution in [1.29, 1.82) is 0 Å². The molecule has 0 unspecified atom stereocenters. The minimum atomic E-state index is -0.00366. The lowest BCUT2D eigenvalue weighted by Gasteiger charge is -2.32. The van der Waals surface area contributed by atoms with Crippen LogP contribution in [0, 0.1) is 0 Å². The number of ether oxygens (including phenoxy) is 1. The fourth-order valence-electron chi connectivity index (χ4n) is 4.62. The summed E-state index contributed by atoms with van der Waals surface area (Å²) in [6.07, 6.45) is 0. The number of rotatable bonds is 4. The highest BCUT2D eigenvalue weighted by molar-refractivity contribution is 7.52. The van der Waals surface area contributed by atoms with Gasteiger partial charge in [0.25, 0.3) is 0 Å². The van der Waals surface area contributed by atoms with E-state index in [4.69, 9.17) is 9.73 Å². The van der Waals surface area contributed by atoms with Crippen LogP contribution >= 0.6 is 8.20 Å². The van der Waals surface area contributed by atoms with Gasteiger partial charge in [-0.3, -0.25) is 0 Å². The smallest absolute Gasteiger partial charge is 0.222 e. The van der Waals surface area contributed by atoms with Crippen molar-refractivity contribution < 1.29 is 4.74 Å². The maximum Gasteiger partial charge on any atom is 0.222 e. The number of hydrogen-bond donors (Lipinski definition) is 0. The molecule has 1 heterocycles. The van der Waals surface area contributed by atoms with E-state index in [9.17, 15) is 0 Å². The molecule has 1 aliphatic rings. The summed E-state index contributed by atoms with van der Waals surface area (Å²) in [6, 6.07) is 26.0. The molecule has 0 fully saturated rings. The molecule has 0 aromatic heterocycles. The molecule has 3 aromatic rings. The van der Waals surface area contributed by atoms with Crippen LogP contribution in [-0.4, -0.2) is 17.8 Å². The molecule has 194 valence electrons. The Morgan fingerprint density at radius 2 is 1.24 bits per heavy atom. The van der Waals surface area contributed by atoms with Crippen molar-refractivity contribution in [2.75, 3.05) is 6.61 Å². The van der Waals surface area contributed by atoms with Gasteiger partial charge >= 0.3 is 0 Å². The van der Waals surface area contributed by atoms with Crippen LogP contribution in [0.2, 0.25) is 0 Å². The molecule has 2 nitrogen and oxygen atoms in total. The van der Waals surface area contributed by atoms with Gasteiger partial charge < -0.3 is 4.74 Å². The van der Waals surface area contributed by atoms with Crippen molar-refractivity contribution in [3.8, 4) is 0 Å². The zero-order chi connectivity index (χ0) is 27.0. The normalized spacial score (nSPS) is 16.9. The van der Waals surface area contributed by atoms with Gasteiger partial charge in [-0.1, -0.05) is 143 Å². The van der Waals surface area contributed by atoms with Crippen LogP contribution in [-0.2, 0) is 21.0 Å². The summed E-state index contributed by atoms with van der Waals surface area (Å²) < 4.78 is 6.34. The fourth-order valence-corrected chi connectivity index (χ4v) is 6.38. The van der Waals surface area contributed by atoms with Gasteiger partial charge in [-0.15, -0.1) is 0 Å². The van der Waals surface area contributed by atoms with Gasteiger partial charge in [0.15, 0.2) is 0 Å². The highest BCUT2D eigenvalue weighted by Gasteiger charge is 2.30. The number of aliphatic imine (C=N–C) groups is 1. The quantitative estimate of drug-likeness (QED) is 0.322. The van der Waals surface area contributed by atoms with Gasteiger partial charge in [0, 0.05) is 5.30 Å². The average Bonchev–Trinajstić information content (AvgIpc) is 3.31. The Labute approximate surface area is 226 Å². The Hall–Kier alpha value is -2.70. The van der Waals surface area contributed by atoms with Crippen molar-refractivity contribution in [2.24, 2.45) is 4.99 Å². The van der Waals surface area contributed by atoms with Gasteiger partial charge in [-0.25, -0.2) is 4.99 Å². The summed E-state index contributed by atoms with van der Waals surface area (Å²) in [5, 5.41) is 2.51. The van der Waals surface area contributed by atoms with E-state index >= 15 is 0 Å². The first-order chi connectivity index (χ1) is 17.2. The monoisotopic (exact) mass is 511 g/mol. The Bertz CT molecular complexity index is 1260. The Balaban J connectivity index is 1.99. The summed E-state index contributed by atoms with van der Waals surface area (Å²) in [7, 11) is 1.13. The minimum absolute atomic E-state index is 0.00366. The first-order valence-electron chi connectivity index (χ1n) is 13.3. The third-order valence-corrected chi connectivity index (χ3v) is 8.28. The van der Waals surface area contributed by atoms with Crippen molar-refractivity contribution in [1.82, 2.24) is 0 Å². The number of nitrogens with zero attached hydrogens (tertiary/aromatic N) is 1. The van der Waals surface area contributed by atoms with Crippen molar-refractivity contribution >= 4 is 24.7 Å². The van der Waals surface area contributed by atoms with E-state index in [1.165, 1.54) is 27.6 Å². The lowest BCUT2D eigenvalue weighted by molar-refractivity contribution is 0.324. The molecule has 0 spiro atoms. The highest BCUT2D eigenvalue weighted by atomic mass is 31.1. The molecule has 0 radical (unpaired) electrons. The summed E-state index contributed by atoms with van der Waals surface area (Å²) in [4.78, 5) is 5.12. The number of hydrogen-bond acceptors (Lipinski definition) is 2. The van der Waals surface area contributed by atoms with Crippen molar-refractivity contribution in [3.05, 3.63) is 101 Å². The van der Waals surface area contributed by atoms with E-state index in [1.807, 2.05) is 6.07 Å². The fraction of sp³-hybridized carbons (Fsp3) is 0.412. The summed E-state index contributed by atoms with van der Waals surface area (Å²) in [6.45, 7) is 21.5. The van der Waals surface area contributed by atoms with Crippen LogP contribution in [0.4, 0.5) is 0 Å². The Morgan fingerprint density at radius 3 is 1.73 bits per heavy atom. The molecule has 0 amide bonds. The van der Waals surface area contributed by atoms with E-state index < -0.39 is 0 Å². The maximum atomic E-state index is 6.34. The van der Waals surface area contributed by atoms with Gasteiger partial charge in [-0.2, -0.15) is 0 Å². The van der Waals surface area contributed by atoms with E-state index in [0.717, 1.165) is 25.0 Å². The molecule has 0 saturated carbocycles. The zero-order valence-corrected chi connectivity index (χ0v) is 24.9. The van der Waals surface area contributed by atoms with Crippen LogP contribution in [0.3, 0.4) is 0 Å². The molecule has 0 N–H and O–H groups in total. The van der Waals surface area contributed by atoms with E-state index in [-0.39, 0.29) is 22.3 Å². The second kappa shape index (κ2) is 10.2. The third-order valence-electron chi connectivity index (χ3n) is 6.90. The van der Waals surface area contributed by atoms with Crippen LogP contribution in [0.15, 0.2) is 77.8 Å². The molecule has 37 heavy (non-hydrogen) atoms. The first kappa shape index (κ1) is 27.3. The second-order valence-corrected chi connectivity index (χ2v) is 14.3. The Morgan fingerprint density at radius 1 is 0.730 bits per heavy atom. The predicted molar refractivity (Wildman–Crippen MR) is 162 cm³/mol. The van der Waals surface area contributed by atoms with Gasteiger partial charge in [0.1, 0.15) is 12.6 Å². The van der Waals surface area contributed by atoms with E-state index in [0.29, 0.717) is 6.61 Å². The van der Waals surface area contributed by atoms with Crippen LogP contribution in [0.25, 0.3) is 0 Å². The van der Waals surface area contributed by atoms with Crippen molar-refractivity contribution in [3.63, 3.8) is 0 Å². The molecule has 3 heteroatoms. The second-order valence-electron chi connectivity index (χ2n) is 13.2. The summed E-state index contributed by atoms with van der Waals surface area (Å²) in [5.74, 6) is 0.765. The minimum Gasteiger partial charge on any atom is -0.475 e. The van der Waals surface area contributed by atoms with Gasteiger partial charge in [0.2, 0.25) is 5.90 Å². The zero-order valence-electron chi connectivity index (χ0n) is 24.0. The molecule has 4 rings (SSSR count). The summed E-state index contributed by atoms with van der Waals surface area (Å²) >= 11 is 0. The topological polar surface area (TPSA) is 21.6 Å². The SMILES string of the molecule is CC(C)(C)c1cc(C(C)(C)C)c(P=C(C2=N[C@@H](c3ccccc3)CO2)c2ccccc2)c(C(C)(C)C)c1. The maximum absolute atomic E-state index is 6.34. The Kier molecular flexibility index (Phi) is 7.55. The molecule has 0 aliphatic carbocycles. The molecular formula is C34H42NOP. The average molecular weight is 512 g/mol. The molecule has 0 bridgehead atoms. The molecule has 0 saturated heterocycles. The third kappa shape index (κ3) is 6.24. The molecule has 3 aromatic carbocycles. The highest BCUT2D eigenvalue weighted by Crippen LogP contribution is 2.36. The van der Waals surface area contributed by atoms with Crippen LogP contribution < -0.4 is 5.30 Å². The molecular weight excluding hydrogens is 469 g/mol. The summed E-state index contributed by atoms with van der Waals surface area (Å²) in [5.41, 5.74) is 6.62. The number of benzene rings is 3. The lowest BCUT2D eigenvalue weighted by Crippen LogP contribution is -2.30. The van der Waals surface area contributed by atoms with Gasteiger partial charge in [0.05, 0.1) is 5.29 Å². The van der Waals surface area contributed by atoms with Crippen LogP contribution in [0.1, 0.15) is 96.2 Å².